The van der Waals surface area contributed by atoms with Crippen molar-refractivity contribution in [2.45, 2.75) is 64.5 Å². The number of hydrogen-bond donors (Lipinski definition) is 2. The topological polar surface area (TPSA) is 35.5 Å². The van der Waals surface area contributed by atoms with Gasteiger partial charge in [-0.25, -0.2) is 0 Å². The minimum absolute atomic E-state index is 0.412. The van der Waals surface area contributed by atoms with Crippen molar-refractivity contribution in [2.24, 2.45) is 5.41 Å². The van der Waals surface area contributed by atoms with Gasteiger partial charge in [0.2, 0.25) is 0 Å². The molecule has 0 spiro atoms. The van der Waals surface area contributed by atoms with E-state index in [1.165, 1.54) is 13.0 Å². The molecule has 1 aliphatic carbocycles. The van der Waals surface area contributed by atoms with Crippen molar-refractivity contribution < 1.29 is 5.11 Å². The van der Waals surface area contributed by atoms with Gasteiger partial charge >= 0.3 is 0 Å². The molecule has 18 heavy (non-hydrogen) atoms. The van der Waals surface area contributed by atoms with E-state index in [0.717, 1.165) is 32.2 Å². The summed E-state index contributed by atoms with van der Waals surface area (Å²) in [6.07, 6.45) is 5.34. The van der Waals surface area contributed by atoms with Crippen LogP contribution in [0.4, 0.5) is 0 Å². The average molecular weight is 256 g/mol. The maximum Gasteiger partial charge on any atom is 0.0772 e. The molecule has 1 fully saturated rings. The first kappa shape index (κ1) is 15.9. The van der Waals surface area contributed by atoms with E-state index in [9.17, 15) is 5.11 Å². The van der Waals surface area contributed by atoms with Gasteiger partial charge in [0.25, 0.3) is 0 Å². The van der Waals surface area contributed by atoms with Crippen molar-refractivity contribution in [1.82, 2.24) is 10.2 Å². The van der Waals surface area contributed by atoms with Gasteiger partial charge in [-0.05, 0) is 58.2 Å². The van der Waals surface area contributed by atoms with Gasteiger partial charge in [-0.3, -0.25) is 0 Å². The first-order valence-corrected chi connectivity index (χ1v) is 7.33. The zero-order valence-electron chi connectivity index (χ0n) is 12.9. The van der Waals surface area contributed by atoms with Crippen molar-refractivity contribution >= 4 is 0 Å². The molecule has 0 saturated heterocycles. The molecule has 3 heteroatoms. The Morgan fingerprint density at radius 2 is 1.83 bits per heavy atom. The molecule has 1 aliphatic rings. The molecular weight excluding hydrogens is 224 g/mol. The Balaban J connectivity index is 2.34. The molecule has 108 valence electrons. The van der Waals surface area contributed by atoms with E-state index in [1.54, 1.807) is 0 Å². The Morgan fingerprint density at radius 3 is 2.28 bits per heavy atom. The second kappa shape index (κ2) is 6.36. The maximum absolute atomic E-state index is 10.3. The molecule has 1 saturated carbocycles. The van der Waals surface area contributed by atoms with Crippen molar-refractivity contribution in [3.05, 3.63) is 0 Å². The van der Waals surface area contributed by atoms with E-state index in [1.807, 2.05) is 7.05 Å². The lowest BCUT2D eigenvalue weighted by Gasteiger charge is -2.40. The summed E-state index contributed by atoms with van der Waals surface area (Å²) in [6.45, 7) is 8.79. The smallest absolute Gasteiger partial charge is 0.0772 e. The van der Waals surface area contributed by atoms with Gasteiger partial charge in [0.1, 0.15) is 0 Å². The molecule has 0 aliphatic heterocycles. The summed E-state index contributed by atoms with van der Waals surface area (Å²) in [4.78, 5) is 2.49. The molecular formula is C15H32N2O. The van der Waals surface area contributed by atoms with Crippen LogP contribution >= 0.6 is 0 Å². The van der Waals surface area contributed by atoms with Gasteiger partial charge in [-0.1, -0.05) is 20.8 Å². The summed E-state index contributed by atoms with van der Waals surface area (Å²) in [5.74, 6) is 0. The number of rotatable bonds is 5. The SMILES string of the molecule is CNCC1(O)CCC(N(C)CCC(C)(C)C)CC1. The molecule has 1 rings (SSSR count). The number of nitrogens with one attached hydrogen (secondary N) is 1. The lowest BCUT2D eigenvalue weighted by atomic mass is 9.81. The number of aliphatic hydroxyl groups is 1. The summed E-state index contributed by atoms with van der Waals surface area (Å²) in [5.41, 5.74) is -0.0497. The first-order chi connectivity index (χ1) is 8.26. The summed E-state index contributed by atoms with van der Waals surface area (Å²) in [7, 11) is 4.15. The van der Waals surface area contributed by atoms with Gasteiger partial charge in [0.05, 0.1) is 5.60 Å². The molecule has 0 aromatic carbocycles. The highest BCUT2D eigenvalue weighted by atomic mass is 16.3. The zero-order valence-corrected chi connectivity index (χ0v) is 12.9. The monoisotopic (exact) mass is 256 g/mol. The fourth-order valence-corrected chi connectivity index (χ4v) is 2.78. The lowest BCUT2D eigenvalue weighted by Crippen LogP contribution is -2.47. The summed E-state index contributed by atoms with van der Waals surface area (Å²) in [6, 6.07) is 0.657. The van der Waals surface area contributed by atoms with Crippen LogP contribution in [-0.4, -0.2) is 48.8 Å². The molecule has 0 amide bonds. The number of hydrogen-bond acceptors (Lipinski definition) is 3. The third kappa shape index (κ3) is 5.25. The van der Waals surface area contributed by atoms with Crippen LogP contribution in [0.3, 0.4) is 0 Å². The molecule has 0 radical (unpaired) electrons. The minimum Gasteiger partial charge on any atom is -0.389 e. The van der Waals surface area contributed by atoms with Crippen LogP contribution < -0.4 is 5.32 Å². The normalized spacial score (nSPS) is 29.8. The maximum atomic E-state index is 10.3. The Hall–Kier alpha value is -0.120. The quantitative estimate of drug-likeness (QED) is 0.792. The highest BCUT2D eigenvalue weighted by Crippen LogP contribution is 2.30. The molecule has 0 atom stereocenters. The van der Waals surface area contributed by atoms with Crippen LogP contribution in [-0.2, 0) is 0 Å². The van der Waals surface area contributed by atoms with Crippen molar-refractivity contribution in [1.29, 1.82) is 0 Å². The molecule has 3 nitrogen and oxygen atoms in total. The Bertz CT molecular complexity index is 239. The van der Waals surface area contributed by atoms with Crippen molar-refractivity contribution in [3.63, 3.8) is 0 Å². The van der Waals surface area contributed by atoms with Crippen LogP contribution in [0, 0.1) is 5.41 Å². The van der Waals surface area contributed by atoms with E-state index in [0.29, 0.717) is 11.5 Å². The Labute approximate surface area is 113 Å². The molecule has 0 unspecified atom stereocenters. The van der Waals surface area contributed by atoms with Crippen LogP contribution in [0.25, 0.3) is 0 Å². The van der Waals surface area contributed by atoms with E-state index in [-0.39, 0.29) is 0 Å². The molecule has 0 aromatic heterocycles. The van der Waals surface area contributed by atoms with Gasteiger partial charge in [0, 0.05) is 12.6 Å². The van der Waals surface area contributed by atoms with E-state index < -0.39 is 5.60 Å². The average Bonchev–Trinajstić information content (AvgIpc) is 2.26. The van der Waals surface area contributed by atoms with E-state index >= 15 is 0 Å². The molecule has 2 N–H and O–H groups in total. The second-order valence-electron chi connectivity index (χ2n) is 7.28. The minimum atomic E-state index is -0.462. The highest BCUT2D eigenvalue weighted by molar-refractivity contribution is 4.89. The standard InChI is InChI=1S/C15H32N2O/c1-14(2,3)10-11-17(5)13-6-8-15(18,9-7-13)12-16-4/h13,16,18H,6-12H2,1-5H3. The van der Waals surface area contributed by atoms with Gasteiger partial charge < -0.3 is 15.3 Å². The second-order valence-corrected chi connectivity index (χ2v) is 7.28. The molecule has 0 heterocycles. The van der Waals surface area contributed by atoms with E-state index in [2.05, 4.69) is 38.0 Å². The predicted molar refractivity (Wildman–Crippen MR) is 77.8 cm³/mol. The largest absolute Gasteiger partial charge is 0.389 e. The van der Waals surface area contributed by atoms with E-state index in [4.69, 9.17) is 0 Å². The summed E-state index contributed by atoms with van der Waals surface area (Å²) >= 11 is 0. The Morgan fingerprint density at radius 1 is 1.28 bits per heavy atom. The fourth-order valence-electron chi connectivity index (χ4n) is 2.78. The predicted octanol–water partition coefficient (Wildman–Crippen LogP) is 2.25. The third-order valence-corrected chi connectivity index (χ3v) is 4.23. The summed E-state index contributed by atoms with van der Waals surface area (Å²) in [5, 5.41) is 13.5. The van der Waals surface area contributed by atoms with Gasteiger partial charge in [-0.2, -0.15) is 0 Å². The molecule has 0 aromatic rings. The number of nitrogens with zero attached hydrogens (tertiary/aromatic N) is 1. The van der Waals surface area contributed by atoms with Gasteiger partial charge in [0.15, 0.2) is 0 Å². The zero-order chi connectivity index (χ0) is 13.8. The van der Waals surface area contributed by atoms with Gasteiger partial charge in [-0.15, -0.1) is 0 Å². The Kier molecular flexibility index (Phi) is 5.63. The highest BCUT2D eigenvalue weighted by Gasteiger charge is 2.33. The summed E-state index contributed by atoms with van der Waals surface area (Å²) < 4.78 is 0. The van der Waals surface area contributed by atoms with Crippen LogP contribution in [0.2, 0.25) is 0 Å². The third-order valence-electron chi connectivity index (χ3n) is 4.23. The lowest BCUT2D eigenvalue weighted by molar-refractivity contribution is -0.0155. The van der Waals surface area contributed by atoms with Crippen LogP contribution in [0.15, 0.2) is 0 Å². The number of likely N-dealkylation sites (N-methyl/N-ethyl adjacent to an activating group) is 1. The first-order valence-electron chi connectivity index (χ1n) is 7.33. The fraction of sp³-hybridized carbons (Fsp3) is 1.00. The molecule has 0 bridgehead atoms. The van der Waals surface area contributed by atoms with Crippen molar-refractivity contribution in [2.75, 3.05) is 27.2 Å². The van der Waals surface area contributed by atoms with Crippen molar-refractivity contribution in [3.8, 4) is 0 Å². The van der Waals surface area contributed by atoms with Crippen LogP contribution in [0.5, 0.6) is 0 Å². The van der Waals surface area contributed by atoms with Crippen LogP contribution in [0.1, 0.15) is 52.9 Å².